The van der Waals surface area contributed by atoms with Crippen LogP contribution in [0.5, 0.6) is 5.75 Å². The zero-order chi connectivity index (χ0) is 13.8. The molecule has 3 nitrogen and oxygen atoms in total. The van der Waals surface area contributed by atoms with Crippen molar-refractivity contribution in [1.82, 2.24) is 4.90 Å². The van der Waals surface area contributed by atoms with Gasteiger partial charge in [0, 0.05) is 11.6 Å². The maximum Gasteiger partial charge on any atom is 0.123 e. The maximum atomic E-state index is 5.75. The van der Waals surface area contributed by atoms with Gasteiger partial charge in [-0.05, 0) is 38.5 Å². The molecule has 1 aromatic rings. The lowest BCUT2D eigenvalue weighted by Gasteiger charge is -2.39. The minimum Gasteiger partial charge on any atom is -0.496 e. The summed E-state index contributed by atoms with van der Waals surface area (Å²) in [5, 5.41) is 0. The molecule has 1 aromatic carbocycles. The first-order valence-electron chi connectivity index (χ1n) is 6.43. The smallest absolute Gasteiger partial charge is 0.123 e. The molecule has 1 unspecified atom stereocenters. The molecule has 1 atom stereocenters. The number of ether oxygens (including phenoxy) is 1. The van der Waals surface area contributed by atoms with Crippen molar-refractivity contribution in [2.24, 2.45) is 11.1 Å². The third kappa shape index (κ3) is 3.24. The van der Waals surface area contributed by atoms with E-state index in [1.54, 1.807) is 7.11 Å². The van der Waals surface area contributed by atoms with E-state index in [0.717, 1.165) is 12.2 Å². The summed E-state index contributed by atoms with van der Waals surface area (Å²) in [6.45, 7) is 5.22. The quantitative estimate of drug-likeness (QED) is 0.843. The molecule has 0 aromatic heterocycles. The van der Waals surface area contributed by atoms with Gasteiger partial charge >= 0.3 is 0 Å². The zero-order valence-corrected chi connectivity index (χ0v) is 12.2. The molecule has 0 fully saturated rings. The van der Waals surface area contributed by atoms with E-state index in [0.29, 0.717) is 6.54 Å². The third-order valence-corrected chi connectivity index (χ3v) is 3.48. The van der Waals surface area contributed by atoms with Crippen molar-refractivity contribution < 1.29 is 4.74 Å². The van der Waals surface area contributed by atoms with Crippen molar-refractivity contribution in [1.29, 1.82) is 0 Å². The van der Waals surface area contributed by atoms with E-state index in [1.165, 1.54) is 5.56 Å². The van der Waals surface area contributed by atoms with Crippen LogP contribution in [0.4, 0.5) is 0 Å². The minimum absolute atomic E-state index is 0.104. The van der Waals surface area contributed by atoms with Crippen LogP contribution in [-0.2, 0) is 0 Å². The standard InChI is InChI=1S/C15H26N2O/c1-15(2,10-11-16)14(17(3)4)12-8-6-7-9-13(12)18-5/h6-9,14H,10-11,16H2,1-5H3. The number of hydrogen-bond donors (Lipinski definition) is 1. The molecule has 0 amide bonds. The Hall–Kier alpha value is -1.06. The molecular formula is C15H26N2O. The van der Waals surface area contributed by atoms with E-state index in [2.05, 4.69) is 45.0 Å². The van der Waals surface area contributed by atoms with Gasteiger partial charge in [-0.25, -0.2) is 0 Å². The number of para-hydroxylation sites is 1. The number of nitrogens with zero attached hydrogens (tertiary/aromatic N) is 1. The van der Waals surface area contributed by atoms with Crippen LogP contribution in [0.15, 0.2) is 24.3 Å². The SMILES string of the molecule is COc1ccccc1C(N(C)C)C(C)(C)CCN. The second-order valence-corrected chi connectivity index (χ2v) is 5.64. The lowest BCUT2D eigenvalue weighted by molar-refractivity contribution is 0.125. The Morgan fingerprint density at radius 3 is 2.39 bits per heavy atom. The van der Waals surface area contributed by atoms with Crippen LogP contribution < -0.4 is 10.5 Å². The molecule has 1 rings (SSSR count). The Morgan fingerprint density at radius 1 is 1.28 bits per heavy atom. The van der Waals surface area contributed by atoms with E-state index in [-0.39, 0.29) is 11.5 Å². The zero-order valence-electron chi connectivity index (χ0n) is 12.2. The van der Waals surface area contributed by atoms with Crippen LogP contribution in [0.1, 0.15) is 31.9 Å². The van der Waals surface area contributed by atoms with Gasteiger partial charge in [-0.2, -0.15) is 0 Å². The van der Waals surface area contributed by atoms with Crippen molar-refractivity contribution in [3.8, 4) is 5.75 Å². The third-order valence-electron chi connectivity index (χ3n) is 3.48. The molecule has 2 N–H and O–H groups in total. The average Bonchev–Trinajstić information content (AvgIpc) is 2.28. The largest absolute Gasteiger partial charge is 0.496 e. The summed E-state index contributed by atoms with van der Waals surface area (Å²) in [4.78, 5) is 2.24. The highest BCUT2D eigenvalue weighted by atomic mass is 16.5. The van der Waals surface area contributed by atoms with Crippen molar-refractivity contribution >= 4 is 0 Å². The number of rotatable bonds is 6. The average molecular weight is 250 g/mol. The van der Waals surface area contributed by atoms with Crippen LogP contribution in [0.2, 0.25) is 0 Å². The highest BCUT2D eigenvalue weighted by Crippen LogP contribution is 2.42. The van der Waals surface area contributed by atoms with Gasteiger partial charge in [-0.3, -0.25) is 0 Å². The first-order valence-corrected chi connectivity index (χ1v) is 6.43. The minimum atomic E-state index is 0.104. The molecule has 102 valence electrons. The van der Waals surface area contributed by atoms with Gasteiger partial charge in [0.15, 0.2) is 0 Å². The van der Waals surface area contributed by atoms with Crippen molar-refractivity contribution in [3.05, 3.63) is 29.8 Å². The Balaban J connectivity index is 3.20. The van der Waals surface area contributed by atoms with Gasteiger partial charge < -0.3 is 15.4 Å². The first kappa shape index (κ1) is 15.0. The highest BCUT2D eigenvalue weighted by Gasteiger charge is 2.33. The second kappa shape index (κ2) is 6.21. The van der Waals surface area contributed by atoms with E-state index in [1.807, 2.05) is 12.1 Å². The summed E-state index contributed by atoms with van der Waals surface area (Å²) in [7, 11) is 5.94. The van der Waals surface area contributed by atoms with Gasteiger partial charge in [-0.1, -0.05) is 32.0 Å². The van der Waals surface area contributed by atoms with Gasteiger partial charge in [0.2, 0.25) is 0 Å². The molecule has 3 heteroatoms. The number of hydrogen-bond acceptors (Lipinski definition) is 3. The van der Waals surface area contributed by atoms with Gasteiger partial charge in [0.1, 0.15) is 5.75 Å². The Morgan fingerprint density at radius 2 is 1.89 bits per heavy atom. The summed E-state index contributed by atoms with van der Waals surface area (Å²) >= 11 is 0. The van der Waals surface area contributed by atoms with E-state index >= 15 is 0 Å². The number of nitrogens with two attached hydrogens (primary N) is 1. The molecule has 18 heavy (non-hydrogen) atoms. The molecule has 0 aliphatic heterocycles. The molecule has 0 saturated carbocycles. The number of methoxy groups -OCH3 is 1. The predicted octanol–water partition coefficient (Wildman–Crippen LogP) is 2.67. The molecule has 0 aliphatic carbocycles. The molecule has 0 heterocycles. The van der Waals surface area contributed by atoms with Crippen LogP contribution in [-0.4, -0.2) is 32.6 Å². The van der Waals surface area contributed by atoms with E-state index < -0.39 is 0 Å². The Labute approximate surface area is 111 Å². The molecule has 0 saturated heterocycles. The molecule has 0 bridgehead atoms. The normalized spacial score (nSPS) is 13.7. The van der Waals surface area contributed by atoms with Crippen molar-refractivity contribution in [2.45, 2.75) is 26.3 Å². The summed E-state index contributed by atoms with van der Waals surface area (Å²) in [5.41, 5.74) is 7.08. The van der Waals surface area contributed by atoms with Crippen LogP contribution in [0.3, 0.4) is 0 Å². The van der Waals surface area contributed by atoms with Crippen LogP contribution in [0, 0.1) is 5.41 Å². The summed E-state index contributed by atoms with van der Waals surface area (Å²) < 4.78 is 5.49. The van der Waals surface area contributed by atoms with Gasteiger partial charge in [0.25, 0.3) is 0 Å². The van der Waals surface area contributed by atoms with E-state index in [4.69, 9.17) is 10.5 Å². The summed E-state index contributed by atoms with van der Waals surface area (Å²) in [6, 6.07) is 8.52. The lowest BCUT2D eigenvalue weighted by atomic mass is 9.77. The fourth-order valence-corrected chi connectivity index (χ4v) is 2.80. The monoisotopic (exact) mass is 250 g/mol. The highest BCUT2D eigenvalue weighted by molar-refractivity contribution is 5.37. The van der Waals surface area contributed by atoms with Gasteiger partial charge in [0.05, 0.1) is 7.11 Å². The Bertz CT molecular complexity index is 375. The summed E-state index contributed by atoms with van der Waals surface area (Å²) in [6.07, 6.45) is 0.980. The topological polar surface area (TPSA) is 38.5 Å². The summed E-state index contributed by atoms with van der Waals surface area (Å²) in [5.74, 6) is 0.946. The maximum absolute atomic E-state index is 5.75. The lowest BCUT2D eigenvalue weighted by Crippen LogP contribution is -2.35. The molecule has 0 radical (unpaired) electrons. The van der Waals surface area contributed by atoms with Crippen molar-refractivity contribution in [3.63, 3.8) is 0 Å². The predicted molar refractivity (Wildman–Crippen MR) is 76.9 cm³/mol. The fraction of sp³-hybridized carbons (Fsp3) is 0.600. The fourth-order valence-electron chi connectivity index (χ4n) is 2.80. The van der Waals surface area contributed by atoms with E-state index in [9.17, 15) is 0 Å². The Kier molecular flexibility index (Phi) is 5.17. The molecule has 0 spiro atoms. The second-order valence-electron chi connectivity index (χ2n) is 5.64. The number of benzene rings is 1. The van der Waals surface area contributed by atoms with Crippen LogP contribution in [0.25, 0.3) is 0 Å². The first-order chi connectivity index (χ1) is 8.44. The van der Waals surface area contributed by atoms with Gasteiger partial charge in [-0.15, -0.1) is 0 Å². The van der Waals surface area contributed by atoms with Crippen molar-refractivity contribution in [2.75, 3.05) is 27.7 Å². The molecular weight excluding hydrogens is 224 g/mol. The molecule has 0 aliphatic rings. The van der Waals surface area contributed by atoms with Crippen LogP contribution >= 0.6 is 0 Å².